The van der Waals surface area contributed by atoms with Crippen molar-refractivity contribution in [1.82, 2.24) is 0 Å². The predicted octanol–water partition coefficient (Wildman–Crippen LogP) is 4.52. The van der Waals surface area contributed by atoms with Gasteiger partial charge in [-0.05, 0) is 52.5 Å². The number of hydrogen-bond donors (Lipinski definition) is 0. The molecule has 1 saturated carbocycles. The molecule has 1 fully saturated rings. The first-order valence-electron chi connectivity index (χ1n) is 8.83. The third-order valence-corrected chi connectivity index (χ3v) is 11.2. The van der Waals surface area contributed by atoms with E-state index in [0.29, 0.717) is 6.42 Å². The van der Waals surface area contributed by atoms with Crippen molar-refractivity contribution >= 4 is 21.0 Å². The Hall–Kier alpha value is -0.290. The summed E-state index contributed by atoms with van der Waals surface area (Å²) in [4.78, 5) is 10.3. The van der Waals surface area contributed by atoms with Crippen molar-refractivity contribution in [1.29, 1.82) is 0 Å². The Balaban J connectivity index is 2.60. The predicted molar refractivity (Wildman–Crippen MR) is 94.9 cm³/mol. The van der Waals surface area contributed by atoms with Gasteiger partial charge in [-0.15, -0.1) is 0 Å². The molecule has 0 radical (unpaired) electrons. The lowest BCUT2D eigenvalue weighted by Crippen LogP contribution is -2.31. The van der Waals surface area contributed by atoms with Crippen LogP contribution in [0, 0.1) is 5.92 Å². The Bertz CT molecular complexity index is 578. The highest BCUT2D eigenvalue weighted by Gasteiger charge is 2.69. The average molecular weight is 394 g/mol. The lowest BCUT2D eigenvalue weighted by Gasteiger charge is -2.39. The van der Waals surface area contributed by atoms with Gasteiger partial charge in [-0.2, -0.15) is 0 Å². The molecule has 0 saturated heterocycles. The molecule has 1 unspecified atom stereocenters. The minimum absolute atomic E-state index is 0.0407. The van der Waals surface area contributed by atoms with Gasteiger partial charge in [0.25, 0.3) is 0 Å². The number of fused-ring (bicyclic) bond motifs is 1. The summed E-state index contributed by atoms with van der Waals surface area (Å²) in [6, 6.07) is 0. The van der Waals surface area contributed by atoms with E-state index in [4.69, 9.17) is 18.1 Å². The molecule has 0 aromatic carbocycles. The van der Waals surface area contributed by atoms with Crippen LogP contribution in [0.1, 0.15) is 47.0 Å². The van der Waals surface area contributed by atoms with E-state index in [0.717, 1.165) is 5.57 Å². The smallest absolute Gasteiger partial charge is 0.308 e. The van der Waals surface area contributed by atoms with Gasteiger partial charge in [0.15, 0.2) is 10.7 Å². The molecule has 25 heavy (non-hydrogen) atoms. The molecule has 0 aliphatic heterocycles. The first-order valence-corrected chi connectivity index (χ1v) is 11.9. The molecule has 2 aliphatic carbocycles. The van der Waals surface area contributed by atoms with Gasteiger partial charge in [0.05, 0.1) is 26.4 Å². The molecule has 0 bridgehead atoms. The Morgan fingerprint density at radius 3 is 1.76 bits per heavy atom. The number of ketones is 1. The van der Waals surface area contributed by atoms with E-state index in [-0.39, 0.29) is 51.0 Å². The zero-order chi connectivity index (χ0) is 18.7. The molecule has 0 spiro atoms. The highest BCUT2D eigenvalue weighted by molar-refractivity contribution is 7.74. The van der Waals surface area contributed by atoms with Crippen LogP contribution in [0.25, 0.3) is 0 Å². The topological polar surface area (TPSA) is 88.1 Å². The molecule has 2 aliphatic rings. The summed E-state index contributed by atoms with van der Waals surface area (Å²) < 4.78 is 49.8. The summed E-state index contributed by atoms with van der Waals surface area (Å²) in [5.74, 6) is -0.0742. The van der Waals surface area contributed by atoms with Crippen LogP contribution in [0.5, 0.6) is 0 Å². The molecule has 0 amide bonds. The highest BCUT2D eigenvalue weighted by atomic mass is 31.2. The largest absolute Gasteiger partial charge is 0.349 e. The third-order valence-electron chi connectivity index (χ3n) is 4.59. The Morgan fingerprint density at radius 1 is 0.960 bits per heavy atom. The summed E-state index contributed by atoms with van der Waals surface area (Å²) >= 11 is 0. The first-order chi connectivity index (χ1) is 11.8. The lowest BCUT2D eigenvalue weighted by molar-refractivity contribution is -0.114. The van der Waals surface area contributed by atoms with E-state index < -0.39 is 20.1 Å². The van der Waals surface area contributed by atoms with E-state index in [2.05, 4.69) is 0 Å². The summed E-state index contributed by atoms with van der Waals surface area (Å²) in [5, 5.41) is 0. The fourth-order valence-corrected chi connectivity index (χ4v) is 9.76. The summed E-state index contributed by atoms with van der Waals surface area (Å²) in [6.45, 7) is 7.46. The molecule has 2 rings (SSSR count). The van der Waals surface area contributed by atoms with Crippen molar-refractivity contribution in [3.8, 4) is 0 Å². The maximum atomic E-state index is 13.8. The van der Waals surface area contributed by atoms with Crippen molar-refractivity contribution in [2.24, 2.45) is 5.92 Å². The SMILES string of the molecule is CCOP(=O)(OCC)C1(P(=O)(OCC)OCC)CC2=CC(=O)CC2C1. The molecule has 0 N–H and O–H groups in total. The van der Waals surface area contributed by atoms with Crippen LogP contribution in [0.2, 0.25) is 0 Å². The van der Waals surface area contributed by atoms with Crippen LogP contribution in [0.3, 0.4) is 0 Å². The molecule has 7 nitrogen and oxygen atoms in total. The van der Waals surface area contributed by atoms with Crippen molar-refractivity contribution in [3.63, 3.8) is 0 Å². The molecule has 1 atom stereocenters. The standard InChI is InChI=1S/C16H28O7P2/c1-5-20-24(18,21-6-2)16(25(19,22-7-3)23-8-4)11-13-9-15(17)10-14(13)12-16/h9,14H,5-8,10-12H2,1-4H3. The van der Waals surface area contributed by atoms with Crippen LogP contribution in [-0.2, 0) is 32.0 Å². The minimum Gasteiger partial charge on any atom is -0.308 e. The van der Waals surface area contributed by atoms with Crippen molar-refractivity contribution in [3.05, 3.63) is 11.6 Å². The van der Waals surface area contributed by atoms with Crippen LogP contribution >= 0.6 is 15.2 Å². The normalized spacial score (nSPS) is 23.0. The van der Waals surface area contributed by atoms with E-state index in [1.54, 1.807) is 33.8 Å². The van der Waals surface area contributed by atoms with Gasteiger partial charge < -0.3 is 18.1 Å². The van der Waals surface area contributed by atoms with Gasteiger partial charge in [0, 0.05) is 6.42 Å². The van der Waals surface area contributed by atoms with Crippen LogP contribution in [-0.4, -0.2) is 37.1 Å². The van der Waals surface area contributed by atoms with Gasteiger partial charge >= 0.3 is 15.2 Å². The van der Waals surface area contributed by atoms with Gasteiger partial charge in [0.2, 0.25) is 0 Å². The Morgan fingerprint density at radius 2 is 1.40 bits per heavy atom. The summed E-state index contributed by atoms with van der Waals surface area (Å²) in [6.07, 6.45) is 2.29. The zero-order valence-electron chi connectivity index (χ0n) is 15.4. The third kappa shape index (κ3) is 3.60. The molecule has 144 valence electrons. The van der Waals surface area contributed by atoms with Gasteiger partial charge in [-0.3, -0.25) is 13.9 Å². The van der Waals surface area contributed by atoms with Gasteiger partial charge in [-0.1, -0.05) is 5.57 Å². The van der Waals surface area contributed by atoms with E-state index >= 15 is 0 Å². The maximum absolute atomic E-state index is 13.8. The summed E-state index contributed by atoms with van der Waals surface area (Å²) in [7, 11) is -7.64. The fourth-order valence-electron chi connectivity index (χ4n) is 3.75. The minimum atomic E-state index is -3.82. The Labute approximate surface area is 149 Å². The number of carbonyl (C=O) groups excluding carboxylic acids is 1. The number of rotatable bonds is 10. The molecular weight excluding hydrogens is 366 g/mol. The van der Waals surface area contributed by atoms with Gasteiger partial charge in [0.1, 0.15) is 0 Å². The monoisotopic (exact) mass is 394 g/mol. The van der Waals surface area contributed by atoms with Crippen molar-refractivity contribution in [2.45, 2.75) is 51.9 Å². The highest BCUT2D eigenvalue weighted by Crippen LogP contribution is 2.83. The maximum Gasteiger partial charge on any atom is 0.349 e. The second-order valence-corrected chi connectivity index (χ2v) is 11.2. The number of carbonyl (C=O) groups is 1. The molecule has 0 aromatic rings. The van der Waals surface area contributed by atoms with E-state index in [9.17, 15) is 13.9 Å². The number of allylic oxidation sites excluding steroid dienone is 2. The molecule has 0 aromatic heterocycles. The quantitative estimate of drug-likeness (QED) is 0.503. The molecular formula is C16H28O7P2. The fraction of sp³-hybridized carbons (Fsp3) is 0.812. The summed E-state index contributed by atoms with van der Waals surface area (Å²) in [5.41, 5.74) is 0.837. The van der Waals surface area contributed by atoms with Crippen LogP contribution < -0.4 is 0 Å². The van der Waals surface area contributed by atoms with Gasteiger partial charge in [-0.25, -0.2) is 0 Å². The number of hydrogen-bond acceptors (Lipinski definition) is 7. The Kier molecular flexibility index (Phi) is 6.86. The van der Waals surface area contributed by atoms with Crippen molar-refractivity contribution in [2.75, 3.05) is 26.4 Å². The molecule has 9 heteroatoms. The average Bonchev–Trinajstić information content (AvgIpc) is 3.04. The zero-order valence-corrected chi connectivity index (χ0v) is 17.1. The second-order valence-electron chi connectivity index (χ2n) is 6.12. The first kappa shape index (κ1) is 21.0. The van der Waals surface area contributed by atoms with E-state index in [1.807, 2.05) is 0 Å². The van der Waals surface area contributed by atoms with Crippen LogP contribution in [0.4, 0.5) is 0 Å². The van der Waals surface area contributed by atoms with E-state index in [1.165, 1.54) is 0 Å². The van der Waals surface area contributed by atoms with Crippen molar-refractivity contribution < 1.29 is 32.0 Å². The van der Waals surface area contributed by atoms with Crippen LogP contribution in [0.15, 0.2) is 11.6 Å². The lowest BCUT2D eigenvalue weighted by atomic mass is 10.1. The molecule has 0 heterocycles. The second kappa shape index (κ2) is 8.16.